The average Bonchev–Trinajstić information content (AvgIpc) is 2.80. The number of ether oxygens (including phenoxy) is 1. The third kappa shape index (κ3) is 3.70. The number of carbonyl (C=O) groups is 1. The molecule has 6 fully saturated rings. The van der Waals surface area contributed by atoms with Crippen molar-refractivity contribution in [1.29, 1.82) is 0 Å². The summed E-state index contributed by atoms with van der Waals surface area (Å²) in [6.45, 7) is 0.842. The first-order valence-corrected chi connectivity index (χ1v) is 12.6. The fourth-order valence-electron chi connectivity index (χ4n) is 6.49. The fourth-order valence-corrected chi connectivity index (χ4v) is 6.87. The molecule has 1 amide bonds. The number of alkyl halides is 4. The summed E-state index contributed by atoms with van der Waals surface area (Å²) in [7, 11) is 0. The van der Waals surface area contributed by atoms with Crippen LogP contribution in [-0.4, -0.2) is 34.7 Å². The molecule has 8 rings (SSSR count). The van der Waals surface area contributed by atoms with E-state index in [1.165, 1.54) is 12.4 Å². The molecule has 186 valence electrons. The summed E-state index contributed by atoms with van der Waals surface area (Å²) in [6.07, 6.45) is 1.48. The minimum absolute atomic E-state index is 0.0250. The molecule has 1 aromatic carbocycles. The molecule has 6 aliphatic rings. The van der Waals surface area contributed by atoms with Gasteiger partial charge in [0, 0.05) is 40.1 Å². The van der Waals surface area contributed by atoms with E-state index in [-0.39, 0.29) is 11.3 Å². The zero-order valence-corrected chi connectivity index (χ0v) is 20.5. The Hall–Kier alpha value is -2.07. The summed E-state index contributed by atoms with van der Waals surface area (Å²) in [5.74, 6) is -1.19. The number of carbonyl (C=O) groups excluding carboxylic acids is 1. The standard InChI is InChI=1S/C25H24BrF4N3O2/c26-17-2-1-3-18(8-17)33(20(34)22-11-23(27,12-22)13-22)14-21-4-6-24(7-5-21,35-15-21)16-9-31-19(32-10-16)25(28,29)30/h1-3,8-10H,4-7,11-15H2. The van der Waals surface area contributed by atoms with Crippen LogP contribution in [0.15, 0.2) is 41.1 Å². The van der Waals surface area contributed by atoms with Crippen molar-refractivity contribution in [2.45, 2.75) is 62.4 Å². The van der Waals surface area contributed by atoms with E-state index in [1.54, 1.807) is 0 Å². The molecule has 4 aliphatic carbocycles. The van der Waals surface area contributed by atoms with Crippen molar-refractivity contribution >= 4 is 27.5 Å². The number of halogens is 5. The first-order valence-electron chi connectivity index (χ1n) is 11.8. The van der Waals surface area contributed by atoms with Crippen molar-refractivity contribution in [3.05, 3.63) is 52.5 Å². The van der Waals surface area contributed by atoms with Crippen molar-refractivity contribution in [3.63, 3.8) is 0 Å². The van der Waals surface area contributed by atoms with Crippen LogP contribution in [-0.2, 0) is 21.3 Å². The zero-order valence-electron chi connectivity index (χ0n) is 18.9. The summed E-state index contributed by atoms with van der Waals surface area (Å²) in [6, 6.07) is 7.57. The maximum atomic E-state index is 14.2. The molecule has 2 aromatic rings. The van der Waals surface area contributed by atoms with Crippen molar-refractivity contribution in [2.24, 2.45) is 10.8 Å². The van der Waals surface area contributed by atoms with Gasteiger partial charge in [0.15, 0.2) is 0 Å². The normalized spacial score (nSPS) is 35.2. The van der Waals surface area contributed by atoms with Gasteiger partial charge in [-0.3, -0.25) is 4.79 Å². The molecular formula is C25H24BrF4N3O2. The van der Waals surface area contributed by atoms with E-state index in [0.717, 1.165) is 23.0 Å². The van der Waals surface area contributed by atoms with Gasteiger partial charge in [0.25, 0.3) is 0 Å². The largest absolute Gasteiger partial charge is 0.451 e. The van der Waals surface area contributed by atoms with Gasteiger partial charge in [0.1, 0.15) is 5.67 Å². The van der Waals surface area contributed by atoms with Crippen molar-refractivity contribution in [2.75, 3.05) is 18.1 Å². The molecule has 10 heteroatoms. The third-order valence-corrected chi connectivity index (χ3v) is 8.98. The number of amides is 1. The second kappa shape index (κ2) is 7.47. The topological polar surface area (TPSA) is 55.3 Å². The highest BCUT2D eigenvalue weighted by molar-refractivity contribution is 9.10. The van der Waals surface area contributed by atoms with Gasteiger partial charge >= 0.3 is 6.18 Å². The number of aromatic nitrogens is 2. The van der Waals surface area contributed by atoms with Gasteiger partial charge in [0.05, 0.1) is 17.6 Å². The Labute approximate surface area is 208 Å². The Balaban J connectivity index is 1.22. The van der Waals surface area contributed by atoms with Crippen LogP contribution in [0.3, 0.4) is 0 Å². The lowest BCUT2D eigenvalue weighted by Crippen LogP contribution is -2.71. The second-order valence-corrected chi connectivity index (χ2v) is 11.8. The summed E-state index contributed by atoms with van der Waals surface area (Å²) in [5, 5.41) is 0. The number of rotatable bonds is 5. The van der Waals surface area contributed by atoms with Crippen LogP contribution in [0.25, 0.3) is 0 Å². The highest BCUT2D eigenvalue weighted by atomic mass is 79.9. The highest BCUT2D eigenvalue weighted by Crippen LogP contribution is 2.70. The fraction of sp³-hybridized carbons (Fsp3) is 0.560. The van der Waals surface area contributed by atoms with Crippen LogP contribution in [0.1, 0.15) is 56.3 Å². The molecule has 0 unspecified atom stereocenters. The van der Waals surface area contributed by atoms with Gasteiger partial charge in [-0.05, 0) is 63.1 Å². The van der Waals surface area contributed by atoms with E-state index >= 15 is 0 Å². The Kier molecular flexibility index (Phi) is 4.98. The Morgan fingerprint density at radius 1 is 1.09 bits per heavy atom. The zero-order chi connectivity index (χ0) is 24.7. The predicted molar refractivity (Wildman–Crippen MR) is 122 cm³/mol. The molecule has 35 heavy (non-hydrogen) atoms. The predicted octanol–water partition coefficient (Wildman–Crippen LogP) is 5.97. The van der Waals surface area contributed by atoms with Crippen LogP contribution in [0.5, 0.6) is 0 Å². The molecule has 2 aliphatic heterocycles. The van der Waals surface area contributed by atoms with Crippen LogP contribution in [0.4, 0.5) is 23.2 Å². The van der Waals surface area contributed by atoms with E-state index < -0.39 is 28.7 Å². The van der Waals surface area contributed by atoms with Crippen LogP contribution in [0, 0.1) is 10.8 Å². The summed E-state index contributed by atoms with van der Waals surface area (Å²) in [4.78, 5) is 22.5. The van der Waals surface area contributed by atoms with E-state index in [4.69, 9.17) is 4.74 Å². The number of hydrogen-bond acceptors (Lipinski definition) is 4. The molecule has 4 bridgehead atoms. The molecule has 0 N–H and O–H groups in total. The van der Waals surface area contributed by atoms with Gasteiger partial charge in [-0.1, -0.05) is 22.0 Å². The Morgan fingerprint density at radius 2 is 1.74 bits per heavy atom. The van der Waals surface area contributed by atoms with E-state index in [1.807, 2.05) is 29.2 Å². The van der Waals surface area contributed by atoms with Gasteiger partial charge in [-0.2, -0.15) is 13.2 Å². The van der Waals surface area contributed by atoms with Gasteiger partial charge < -0.3 is 9.64 Å². The molecule has 3 heterocycles. The third-order valence-electron chi connectivity index (χ3n) is 8.48. The lowest BCUT2D eigenvalue weighted by molar-refractivity contribution is -0.213. The van der Waals surface area contributed by atoms with Crippen LogP contribution < -0.4 is 4.90 Å². The van der Waals surface area contributed by atoms with Crippen molar-refractivity contribution < 1.29 is 27.1 Å². The minimum Gasteiger partial charge on any atom is -0.370 e. The van der Waals surface area contributed by atoms with E-state index in [2.05, 4.69) is 25.9 Å². The van der Waals surface area contributed by atoms with Crippen LogP contribution in [0.2, 0.25) is 0 Å². The van der Waals surface area contributed by atoms with Gasteiger partial charge in [-0.25, -0.2) is 14.4 Å². The van der Waals surface area contributed by atoms with E-state index in [9.17, 15) is 22.4 Å². The minimum atomic E-state index is -4.59. The van der Waals surface area contributed by atoms with Gasteiger partial charge in [0.2, 0.25) is 11.7 Å². The van der Waals surface area contributed by atoms with E-state index in [0.29, 0.717) is 50.8 Å². The molecular weight excluding hydrogens is 530 g/mol. The Morgan fingerprint density at radius 3 is 2.26 bits per heavy atom. The van der Waals surface area contributed by atoms with Crippen molar-refractivity contribution in [1.82, 2.24) is 9.97 Å². The first kappa shape index (κ1) is 23.3. The second-order valence-electron chi connectivity index (χ2n) is 10.9. The summed E-state index contributed by atoms with van der Waals surface area (Å²) >= 11 is 3.49. The van der Waals surface area contributed by atoms with Crippen molar-refractivity contribution in [3.8, 4) is 0 Å². The molecule has 4 saturated carbocycles. The molecule has 0 atom stereocenters. The Bertz CT molecular complexity index is 1140. The van der Waals surface area contributed by atoms with Gasteiger partial charge in [-0.15, -0.1) is 0 Å². The van der Waals surface area contributed by atoms with Crippen LogP contribution >= 0.6 is 15.9 Å². The number of hydrogen-bond donors (Lipinski definition) is 0. The number of benzene rings is 1. The maximum absolute atomic E-state index is 14.2. The monoisotopic (exact) mass is 553 g/mol. The number of nitrogens with zero attached hydrogens (tertiary/aromatic N) is 3. The molecule has 0 radical (unpaired) electrons. The SMILES string of the molecule is O=C(N(CC12CCC(c3cnc(C(F)(F)F)nc3)(CC1)OC2)c1cccc(Br)c1)C12CC(F)(C1)C2. The maximum Gasteiger partial charge on any atom is 0.451 e. The molecule has 5 nitrogen and oxygen atoms in total. The first-order chi connectivity index (χ1) is 16.5. The lowest BCUT2D eigenvalue weighted by atomic mass is 9.41. The number of fused-ring (bicyclic) bond motifs is 3. The quantitative estimate of drug-likeness (QED) is 0.428. The molecule has 0 spiro atoms. The summed E-state index contributed by atoms with van der Waals surface area (Å²) < 4.78 is 60.0. The smallest absolute Gasteiger partial charge is 0.370 e. The number of anilines is 1. The highest BCUT2D eigenvalue weighted by Gasteiger charge is 2.73. The molecule has 2 saturated heterocycles. The summed E-state index contributed by atoms with van der Waals surface area (Å²) in [5.41, 5.74) is -1.41. The molecule has 1 aromatic heterocycles. The average molecular weight is 554 g/mol. The lowest BCUT2D eigenvalue weighted by Gasteiger charge is -2.65.